The second-order valence-electron chi connectivity index (χ2n) is 10.3. The van der Waals surface area contributed by atoms with Gasteiger partial charge < -0.3 is 16.4 Å². The van der Waals surface area contributed by atoms with Gasteiger partial charge in [-0.15, -0.1) is 11.6 Å². The zero-order valence-corrected chi connectivity index (χ0v) is 28.2. The lowest BCUT2D eigenvalue weighted by molar-refractivity contribution is 0.102. The van der Waals surface area contributed by atoms with Gasteiger partial charge in [-0.25, -0.2) is 8.42 Å². The van der Waals surface area contributed by atoms with Gasteiger partial charge in [-0.3, -0.25) is 13.9 Å². The van der Waals surface area contributed by atoms with Crippen molar-refractivity contribution in [1.82, 2.24) is 0 Å². The van der Waals surface area contributed by atoms with E-state index in [0.29, 0.717) is 16.6 Å². The van der Waals surface area contributed by atoms with Crippen LogP contribution in [0.1, 0.15) is 15.9 Å². The van der Waals surface area contributed by atoms with E-state index in [0.717, 1.165) is 17.1 Å². The van der Waals surface area contributed by atoms with Crippen LogP contribution >= 0.6 is 11.6 Å². The van der Waals surface area contributed by atoms with Crippen molar-refractivity contribution in [2.24, 2.45) is 0 Å². The fraction of sp³-hybridized carbons (Fsp3) is 0.0938. The minimum atomic E-state index is -4.45. The number of carbonyl (C=O) groups excluding carboxylic acids is 1. The molecule has 6 N–H and O–H groups in total. The van der Waals surface area contributed by atoms with E-state index in [1.807, 2.05) is 36.4 Å². The summed E-state index contributed by atoms with van der Waals surface area (Å²) >= 11 is 5.45. The number of nitrogen functional groups attached to an aromatic ring is 1. The third-order valence-corrected chi connectivity index (χ3v) is 10.6. The molecule has 252 valence electrons. The van der Waals surface area contributed by atoms with Crippen LogP contribution in [0.2, 0.25) is 0 Å². The third kappa shape index (κ3) is 9.76. The predicted molar refractivity (Wildman–Crippen MR) is 187 cm³/mol. The molecule has 0 aromatic heterocycles. The molecule has 48 heavy (non-hydrogen) atoms. The highest BCUT2D eigenvalue weighted by Crippen LogP contribution is 2.32. The number of anilines is 4. The molecule has 5 aromatic carbocycles. The number of para-hydroxylation sites is 1. The number of halogens is 1. The third-order valence-electron chi connectivity index (χ3n) is 6.73. The van der Waals surface area contributed by atoms with Crippen LogP contribution in [0.25, 0.3) is 10.8 Å². The van der Waals surface area contributed by atoms with E-state index in [1.54, 1.807) is 24.3 Å². The first-order chi connectivity index (χ1) is 22.6. The van der Waals surface area contributed by atoms with Crippen LogP contribution in [-0.2, 0) is 35.8 Å². The van der Waals surface area contributed by atoms with Crippen LogP contribution in [0.5, 0.6) is 0 Å². The van der Waals surface area contributed by atoms with Crippen LogP contribution < -0.4 is 16.4 Å². The van der Waals surface area contributed by atoms with E-state index in [2.05, 4.69) is 10.6 Å². The average molecular weight is 732 g/mol. The number of nitrogens with two attached hydrogens (primary N) is 1. The molecule has 0 atom stereocenters. The standard InChI is InChI=1S/C16H17ClN2O6S2.C16H13NO3S/c17-7-8-26(21,22)10-11-1-3-12(4-2-11)16(20)19-13-5-6-15(14(18)9-13)27(23,24)25;18-21(19,20)15-11-5-7-12-6-4-10-14(16(12)15)17-13-8-2-1-3-9-13/h1-6,9H,7-8,10,18H2,(H,19,20)(H,23,24,25);1-11,17H,(H,18,19,20). The average Bonchev–Trinajstić information content (AvgIpc) is 3.01. The largest absolute Gasteiger partial charge is 0.398 e. The Balaban J connectivity index is 0.000000223. The molecule has 0 aliphatic carbocycles. The quantitative estimate of drug-likeness (QED) is 0.0663. The summed E-state index contributed by atoms with van der Waals surface area (Å²) in [6.45, 7) is 0. The normalized spacial score (nSPS) is 11.7. The summed E-state index contributed by atoms with van der Waals surface area (Å²) in [6, 6.07) is 29.2. The van der Waals surface area contributed by atoms with E-state index in [4.69, 9.17) is 21.9 Å². The number of hydrogen-bond donors (Lipinski definition) is 5. The fourth-order valence-electron chi connectivity index (χ4n) is 4.56. The first-order valence-corrected chi connectivity index (χ1v) is 19.2. The van der Waals surface area contributed by atoms with Gasteiger partial charge in [-0.05, 0) is 65.5 Å². The Kier molecular flexibility index (Phi) is 11.5. The second kappa shape index (κ2) is 15.1. The van der Waals surface area contributed by atoms with Crippen molar-refractivity contribution in [2.75, 3.05) is 28.0 Å². The van der Waals surface area contributed by atoms with Gasteiger partial charge in [-0.1, -0.05) is 54.6 Å². The number of benzene rings is 5. The van der Waals surface area contributed by atoms with E-state index >= 15 is 0 Å². The molecule has 12 nitrogen and oxygen atoms in total. The molecule has 0 bridgehead atoms. The highest BCUT2D eigenvalue weighted by atomic mass is 35.5. The summed E-state index contributed by atoms with van der Waals surface area (Å²) in [4.78, 5) is 11.7. The van der Waals surface area contributed by atoms with Crippen molar-refractivity contribution < 1.29 is 39.2 Å². The van der Waals surface area contributed by atoms with Crippen molar-refractivity contribution in [2.45, 2.75) is 15.5 Å². The molecular formula is C32H30ClN3O9S3. The molecule has 0 spiro atoms. The van der Waals surface area contributed by atoms with Gasteiger partial charge in [0.15, 0.2) is 9.84 Å². The molecule has 0 fully saturated rings. The van der Waals surface area contributed by atoms with Crippen molar-refractivity contribution in [3.05, 3.63) is 120 Å². The fourth-order valence-corrected chi connectivity index (χ4v) is 7.68. The first-order valence-electron chi connectivity index (χ1n) is 13.9. The lowest BCUT2D eigenvalue weighted by Crippen LogP contribution is -2.13. The second-order valence-corrected chi connectivity index (χ2v) is 15.6. The van der Waals surface area contributed by atoms with E-state index in [1.165, 1.54) is 42.5 Å². The predicted octanol–water partition coefficient (Wildman–Crippen LogP) is 5.75. The van der Waals surface area contributed by atoms with Crippen LogP contribution in [0.15, 0.2) is 119 Å². The Labute approximate surface area is 283 Å². The van der Waals surface area contributed by atoms with Crippen LogP contribution in [0.4, 0.5) is 22.7 Å². The van der Waals surface area contributed by atoms with Gasteiger partial charge in [0, 0.05) is 33.9 Å². The molecule has 5 rings (SSSR count). The van der Waals surface area contributed by atoms with Gasteiger partial charge >= 0.3 is 0 Å². The molecule has 0 aliphatic heterocycles. The van der Waals surface area contributed by atoms with Crippen LogP contribution in [0, 0.1) is 0 Å². The van der Waals surface area contributed by atoms with Gasteiger partial charge in [0.05, 0.1) is 17.2 Å². The maximum atomic E-state index is 12.3. The number of alkyl halides is 1. The molecule has 5 aromatic rings. The Hall–Kier alpha value is -4.51. The number of fused-ring (bicyclic) bond motifs is 1. The van der Waals surface area contributed by atoms with Crippen molar-refractivity contribution in [3.63, 3.8) is 0 Å². The monoisotopic (exact) mass is 731 g/mol. The zero-order chi connectivity index (χ0) is 35.1. The van der Waals surface area contributed by atoms with Crippen LogP contribution in [-0.4, -0.2) is 51.9 Å². The summed E-state index contributed by atoms with van der Waals surface area (Å²) in [7, 11) is -12.0. The maximum absolute atomic E-state index is 12.3. The highest BCUT2D eigenvalue weighted by molar-refractivity contribution is 7.90. The highest BCUT2D eigenvalue weighted by Gasteiger charge is 2.17. The number of amides is 1. The van der Waals surface area contributed by atoms with Gasteiger partial charge in [-0.2, -0.15) is 16.8 Å². The van der Waals surface area contributed by atoms with E-state index < -0.39 is 40.9 Å². The van der Waals surface area contributed by atoms with Gasteiger partial charge in [0.1, 0.15) is 9.79 Å². The molecular weight excluding hydrogens is 702 g/mol. The van der Waals surface area contributed by atoms with Crippen molar-refractivity contribution >= 4 is 81.1 Å². The Morgan fingerprint density at radius 1 is 0.708 bits per heavy atom. The van der Waals surface area contributed by atoms with Crippen LogP contribution in [0.3, 0.4) is 0 Å². The minimum Gasteiger partial charge on any atom is -0.398 e. The molecule has 0 radical (unpaired) electrons. The van der Waals surface area contributed by atoms with E-state index in [-0.39, 0.29) is 39.2 Å². The lowest BCUT2D eigenvalue weighted by atomic mass is 10.1. The lowest BCUT2D eigenvalue weighted by Gasteiger charge is -2.12. The number of rotatable bonds is 10. The molecule has 1 amide bonds. The topological polar surface area (TPSA) is 210 Å². The van der Waals surface area contributed by atoms with Crippen molar-refractivity contribution in [3.8, 4) is 0 Å². The number of nitrogens with one attached hydrogen (secondary N) is 2. The molecule has 0 aliphatic rings. The molecule has 0 unspecified atom stereocenters. The zero-order valence-electron chi connectivity index (χ0n) is 24.9. The Bertz CT molecular complexity index is 2260. The number of carbonyl (C=O) groups is 1. The van der Waals surface area contributed by atoms with Crippen molar-refractivity contribution in [1.29, 1.82) is 0 Å². The number of sulfone groups is 1. The molecule has 0 saturated heterocycles. The first kappa shape index (κ1) is 36.3. The maximum Gasteiger partial charge on any atom is 0.296 e. The minimum absolute atomic E-state index is 0.0162. The Morgan fingerprint density at radius 3 is 1.92 bits per heavy atom. The SMILES string of the molecule is Nc1cc(NC(=O)c2ccc(CS(=O)(=O)CCCl)cc2)ccc1S(=O)(=O)O.O=S(=O)(O)c1cccc2cccc(Nc3ccccc3)c12. The summed E-state index contributed by atoms with van der Waals surface area (Å²) in [5, 5.41) is 6.94. The summed E-state index contributed by atoms with van der Waals surface area (Å²) in [6.07, 6.45) is 0. The summed E-state index contributed by atoms with van der Waals surface area (Å²) in [5.74, 6) is -0.779. The smallest absolute Gasteiger partial charge is 0.296 e. The summed E-state index contributed by atoms with van der Waals surface area (Å²) in [5.41, 5.74) is 7.86. The molecule has 16 heteroatoms. The van der Waals surface area contributed by atoms with Gasteiger partial charge in [0.2, 0.25) is 0 Å². The molecule has 0 heterocycles. The Morgan fingerprint density at radius 2 is 1.33 bits per heavy atom. The molecule has 0 saturated carbocycles. The van der Waals surface area contributed by atoms with Gasteiger partial charge in [0.25, 0.3) is 26.1 Å². The summed E-state index contributed by atoms with van der Waals surface area (Å²) < 4.78 is 87.3. The van der Waals surface area contributed by atoms with E-state index in [9.17, 15) is 34.6 Å². The number of hydrogen-bond acceptors (Lipinski definition) is 9.